The van der Waals surface area contributed by atoms with Gasteiger partial charge in [-0.3, -0.25) is 4.98 Å². The quantitative estimate of drug-likeness (QED) is 0.609. The van der Waals surface area contributed by atoms with E-state index in [9.17, 15) is 18.0 Å². The van der Waals surface area contributed by atoms with E-state index in [1.54, 1.807) is 35.5 Å². The van der Waals surface area contributed by atoms with E-state index in [1.807, 2.05) is 6.07 Å². The van der Waals surface area contributed by atoms with Crippen molar-refractivity contribution in [3.05, 3.63) is 60.4 Å². The molecule has 2 fully saturated rings. The van der Waals surface area contributed by atoms with Crippen LogP contribution in [0.1, 0.15) is 12.0 Å². The number of benzene rings is 2. The molecule has 3 aromatic rings. The van der Waals surface area contributed by atoms with Gasteiger partial charge in [0, 0.05) is 36.3 Å². The molecular formula is C22H19F3N4O. The summed E-state index contributed by atoms with van der Waals surface area (Å²) in [6.45, 7) is 1.18. The Kier molecular flexibility index (Phi) is 4.30. The van der Waals surface area contributed by atoms with Crippen molar-refractivity contribution in [3.63, 3.8) is 0 Å². The number of fused-ring (bicyclic) bond motifs is 2. The topological polar surface area (TPSA) is 57.3 Å². The van der Waals surface area contributed by atoms with Crippen LogP contribution in [0, 0.1) is 11.8 Å². The molecule has 154 valence electrons. The van der Waals surface area contributed by atoms with Crippen molar-refractivity contribution >= 4 is 33.9 Å². The van der Waals surface area contributed by atoms with E-state index in [0.29, 0.717) is 30.6 Å². The molecule has 2 N–H and O–H groups in total. The zero-order valence-electron chi connectivity index (χ0n) is 15.9. The molecule has 0 bridgehead atoms. The lowest BCUT2D eigenvalue weighted by atomic mass is 10.1. The number of amides is 2. The van der Waals surface area contributed by atoms with Crippen LogP contribution in [0.3, 0.4) is 0 Å². The third kappa shape index (κ3) is 3.42. The minimum Gasteiger partial charge on any atom is -0.369 e. The average molecular weight is 412 g/mol. The molecular weight excluding hydrogens is 393 g/mol. The lowest BCUT2D eigenvalue weighted by Gasteiger charge is -2.27. The number of alkyl halides is 3. The molecule has 0 spiro atoms. The lowest BCUT2D eigenvalue weighted by molar-refractivity contribution is -0.137. The van der Waals surface area contributed by atoms with Crippen LogP contribution in [-0.4, -0.2) is 24.1 Å². The summed E-state index contributed by atoms with van der Waals surface area (Å²) in [4.78, 5) is 18.5. The summed E-state index contributed by atoms with van der Waals surface area (Å²) in [7, 11) is 0. The van der Waals surface area contributed by atoms with Crippen molar-refractivity contribution in [2.45, 2.75) is 12.6 Å². The highest BCUT2D eigenvalue weighted by Gasteiger charge is 2.47. The lowest BCUT2D eigenvalue weighted by Crippen LogP contribution is -2.28. The van der Waals surface area contributed by atoms with E-state index < -0.39 is 17.8 Å². The first-order chi connectivity index (χ1) is 14.4. The number of piperidine rings is 1. The van der Waals surface area contributed by atoms with Crippen LogP contribution in [-0.2, 0) is 6.18 Å². The molecule has 5 rings (SSSR count). The third-order valence-electron chi connectivity index (χ3n) is 5.81. The molecule has 1 aliphatic heterocycles. The first kappa shape index (κ1) is 18.7. The Morgan fingerprint density at radius 1 is 1.00 bits per heavy atom. The number of anilines is 3. The van der Waals surface area contributed by atoms with E-state index in [1.165, 1.54) is 12.1 Å². The second-order valence-corrected chi connectivity index (χ2v) is 7.84. The molecule has 1 saturated heterocycles. The van der Waals surface area contributed by atoms with Gasteiger partial charge in [-0.2, -0.15) is 13.2 Å². The maximum absolute atomic E-state index is 13.7. The van der Waals surface area contributed by atoms with Crippen molar-refractivity contribution in [3.8, 4) is 0 Å². The number of rotatable bonds is 3. The number of para-hydroxylation sites is 1. The molecule has 1 aromatic heterocycles. The summed E-state index contributed by atoms with van der Waals surface area (Å²) < 4.78 is 41.1. The normalized spacial score (nSPS) is 20.2. The van der Waals surface area contributed by atoms with Crippen molar-refractivity contribution in [2.24, 2.45) is 11.8 Å². The van der Waals surface area contributed by atoms with Gasteiger partial charge >= 0.3 is 12.2 Å². The molecule has 2 unspecified atom stereocenters. The standard InChI is InChI=1S/C22H19F3N4O/c23-22(24,25)17-4-2-6-19(20(17)29-11-14-9-15(14)12-29)28-21(30)27-18-5-1-3-13-10-26-8-7-16(13)18/h1-8,10,14-15H,9,11-12H2,(H2,27,28,30). The number of halogens is 3. The molecule has 8 heteroatoms. The molecule has 1 aliphatic carbocycles. The van der Waals surface area contributed by atoms with Crippen LogP contribution in [0.2, 0.25) is 0 Å². The predicted octanol–water partition coefficient (Wildman–Crippen LogP) is 5.35. The number of hydrogen-bond donors (Lipinski definition) is 2. The molecule has 1 saturated carbocycles. The van der Waals surface area contributed by atoms with Crippen LogP contribution >= 0.6 is 0 Å². The Morgan fingerprint density at radius 3 is 2.47 bits per heavy atom. The Labute approximate surface area is 170 Å². The summed E-state index contributed by atoms with van der Waals surface area (Å²) >= 11 is 0. The zero-order valence-corrected chi connectivity index (χ0v) is 15.9. The van der Waals surface area contributed by atoms with Gasteiger partial charge in [-0.05, 0) is 42.5 Å². The van der Waals surface area contributed by atoms with E-state index in [4.69, 9.17) is 0 Å². The minimum absolute atomic E-state index is 0.0504. The van der Waals surface area contributed by atoms with E-state index in [-0.39, 0.29) is 11.4 Å². The zero-order chi connectivity index (χ0) is 20.9. The van der Waals surface area contributed by atoms with E-state index in [2.05, 4.69) is 15.6 Å². The van der Waals surface area contributed by atoms with Crippen molar-refractivity contribution < 1.29 is 18.0 Å². The summed E-state index contributed by atoms with van der Waals surface area (Å²) in [6.07, 6.45) is -0.125. The summed E-state index contributed by atoms with van der Waals surface area (Å²) in [5, 5.41) is 7.04. The third-order valence-corrected chi connectivity index (χ3v) is 5.81. The van der Waals surface area contributed by atoms with Crippen LogP contribution in [0.25, 0.3) is 10.8 Å². The van der Waals surface area contributed by atoms with Gasteiger partial charge in [-0.15, -0.1) is 0 Å². The first-order valence-electron chi connectivity index (χ1n) is 9.76. The summed E-state index contributed by atoms with van der Waals surface area (Å²) in [6, 6.07) is 10.5. The highest BCUT2D eigenvalue weighted by Crippen LogP contribution is 2.50. The number of hydrogen-bond acceptors (Lipinski definition) is 3. The fraction of sp³-hybridized carbons (Fsp3) is 0.273. The maximum atomic E-state index is 13.7. The van der Waals surface area contributed by atoms with Gasteiger partial charge in [0.15, 0.2) is 0 Å². The van der Waals surface area contributed by atoms with E-state index >= 15 is 0 Å². The first-order valence-corrected chi connectivity index (χ1v) is 9.76. The molecule has 30 heavy (non-hydrogen) atoms. The van der Waals surface area contributed by atoms with Crippen molar-refractivity contribution in [2.75, 3.05) is 28.6 Å². The fourth-order valence-electron chi connectivity index (χ4n) is 4.30. The number of nitrogens with one attached hydrogen (secondary N) is 2. The van der Waals surface area contributed by atoms with Crippen LogP contribution in [0.15, 0.2) is 54.9 Å². The SMILES string of the molecule is O=C(Nc1cccc(C(F)(F)F)c1N1CC2CC2C1)Nc1cccc2cnccc12. The number of nitrogens with zero attached hydrogens (tertiary/aromatic N) is 2. The second kappa shape index (κ2) is 6.90. The van der Waals surface area contributed by atoms with Crippen molar-refractivity contribution in [1.29, 1.82) is 0 Å². The number of carbonyl (C=O) groups is 1. The predicted molar refractivity (Wildman–Crippen MR) is 110 cm³/mol. The Bertz CT molecular complexity index is 1120. The van der Waals surface area contributed by atoms with Gasteiger partial charge in [0.05, 0.1) is 22.6 Å². The highest BCUT2D eigenvalue weighted by molar-refractivity contribution is 6.07. The fourth-order valence-corrected chi connectivity index (χ4v) is 4.30. The van der Waals surface area contributed by atoms with Gasteiger partial charge in [-0.25, -0.2) is 4.79 Å². The smallest absolute Gasteiger partial charge is 0.369 e. The van der Waals surface area contributed by atoms with E-state index in [0.717, 1.165) is 23.3 Å². The molecule has 5 nitrogen and oxygen atoms in total. The second-order valence-electron chi connectivity index (χ2n) is 7.84. The average Bonchev–Trinajstić information content (AvgIpc) is 3.32. The number of urea groups is 1. The monoisotopic (exact) mass is 412 g/mol. The van der Waals surface area contributed by atoms with Crippen LogP contribution in [0.4, 0.5) is 35.0 Å². The van der Waals surface area contributed by atoms with Crippen LogP contribution in [0.5, 0.6) is 0 Å². The van der Waals surface area contributed by atoms with Crippen LogP contribution < -0.4 is 15.5 Å². The van der Waals surface area contributed by atoms with Gasteiger partial charge in [0.1, 0.15) is 0 Å². The van der Waals surface area contributed by atoms with Gasteiger partial charge in [0.25, 0.3) is 0 Å². The molecule has 2 atom stereocenters. The summed E-state index contributed by atoms with van der Waals surface area (Å²) in [5.41, 5.74) is 0.0428. The van der Waals surface area contributed by atoms with Gasteiger partial charge in [0.2, 0.25) is 0 Å². The molecule has 2 amide bonds. The number of pyridine rings is 1. The number of aromatic nitrogens is 1. The molecule has 2 aliphatic rings. The molecule has 2 heterocycles. The Morgan fingerprint density at radius 2 is 1.70 bits per heavy atom. The van der Waals surface area contributed by atoms with Gasteiger partial charge < -0.3 is 15.5 Å². The van der Waals surface area contributed by atoms with Crippen molar-refractivity contribution in [1.82, 2.24) is 4.98 Å². The molecule has 0 radical (unpaired) electrons. The minimum atomic E-state index is -4.50. The van der Waals surface area contributed by atoms with Gasteiger partial charge in [-0.1, -0.05) is 18.2 Å². The largest absolute Gasteiger partial charge is 0.418 e. The maximum Gasteiger partial charge on any atom is 0.418 e. The molecule has 2 aromatic carbocycles. The highest BCUT2D eigenvalue weighted by atomic mass is 19.4. The number of carbonyl (C=O) groups excluding carboxylic acids is 1. The Balaban J connectivity index is 1.44. The summed E-state index contributed by atoms with van der Waals surface area (Å²) in [5.74, 6) is 0.912. The Hall–Kier alpha value is -3.29.